The second-order valence-corrected chi connectivity index (χ2v) is 9.00. The Balaban J connectivity index is 1.68. The molecule has 1 aliphatic rings. The number of nitrogens with zero attached hydrogens (tertiary/aromatic N) is 4. The molecule has 0 radical (unpaired) electrons. The molecule has 9 heteroatoms. The van der Waals surface area contributed by atoms with Crippen molar-refractivity contribution in [3.05, 3.63) is 65.0 Å². The van der Waals surface area contributed by atoms with Gasteiger partial charge in [0.15, 0.2) is 0 Å². The summed E-state index contributed by atoms with van der Waals surface area (Å²) in [4.78, 5) is 4.49. The maximum Gasteiger partial charge on any atom is 0.245 e. The molecule has 1 saturated heterocycles. The SMILES string of the molecule is N#Cc1ccc(S(=O)(=O)N2CCCC[C@@H]2c2nc(-c3ccccc3)no2)cc1Cl. The van der Waals surface area contributed by atoms with Crippen LogP contribution in [-0.2, 0) is 10.0 Å². The molecule has 29 heavy (non-hydrogen) atoms. The summed E-state index contributed by atoms with van der Waals surface area (Å²) in [6, 6.07) is 14.9. The van der Waals surface area contributed by atoms with Crippen molar-refractivity contribution in [2.75, 3.05) is 6.54 Å². The maximum atomic E-state index is 13.3. The maximum absolute atomic E-state index is 13.3. The molecule has 0 aliphatic carbocycles. The zero-order valence-corrected chi connectivity index (χ0v) is 16.9. The standard InChI is InChI=1S/C20H17ClN4O3S/c21-17-12-16(10-9-15(17)13-22)29(26,27)25-11-5-4-8-18(25)20-23-19(24-28-20)14-6-2-1-3-7-14/h1-3,6-7,9-10,12,18H,4-5,8,11H2/t18-/m1/s1. The van der Waals surface area contributed by atoms with E-state index in [0.29, 0.717) is 18.8 Å². The lowest BCUT2D eigenvalue weighted by atomic mass is 10.1. The number of nitriles is 1. The zero-order chi connectivity index (χ0) is 20.4. The van der Waals surface area contributed by atoms with Crippen molar-refractivity contribution < 1.29 is 12.9 Å². The van der Waals surface area contributed by atoms with Crippen molar-refractivity contribution in [2.45, 2.75) is 30.2 Å². The number of benzene rings is 2. The van der Waals surface area contributed by atoms with Crippen molar-refractivity contribution in [1.82, 2.24) is 14.4 Å². The Morgan fingerprint density at radius 2 is 1.97 bits per heavy atom. The lowest BCUT2D eigenvalue weighted by Crippen LogP contribution is -2.38. The van der Waals surface area contributed by atoms with E-state index in [2.05, 4.69) is 10.1 Å². The molecule has 1 fully saturated rings. The highest BCUT2D eigenvalue weighted by atomic mass is 35.5. The molecular weight excluding hydrogens is 412 g/mol. The largest absolute Gasteiger partial charge is 0.337 e. The molecule has 7 nitrogen and oxygen atoms in total. The quantitative estimate of drug-likeness (QED) is 0.618. The molecule has 0 bridgehead atoms. The molecule has 0 saturated carbocycles. The second kappa shape index (κ2) is 7.95. The topological polar surface area (TPSA) is 100 Å². The summed E-state index contributed by atoms with van der Waals surface area (Å²) in [5, 5.41) is 13.2. The molecule has 4 rings (SSSR count). The number of rotatable bonds is 4. The predicted octanol–water partition coefficient (Wildman–Crippen LogP) is 4.18. The summed E-state index contributed by atoms with van der Waals surface area (Å²) in [5.74, 6) is 0.691. The highest BCUT2D eigenvalue weighted by Gasteiger charge is 2.37. The van der Waals surface area contributed by atoms with Crippen LogP contribution in [0.3, 0.4) is 0 Å². The molecule has 1 aliphatic heterocycles. The molecule has 1 atom stereocenters. The van der Waals surface area contributed by atoms with Crippen molar-refractivity contribution in [3.8, 4) is 17.5 Å². The number of sulfonamides is 1. The van der Waals surface area contributed by atoms with E-state index in [4.69, 9.17) is 21.4 Å². The monoisotopic (exact) mass is 428 g/mol. The van der Waals surface area contributed by atoms with E-state index >= 15 is 0 Å². The van der Waals surface area contributed by atoms with E-state index in [1.807, 2.05) is 36.4 Å². The molecule has 3 aromatic rings. The van der Waals surface area contributed by atoms with Gasteiger partial charge in [-0.3, -0.25) is 0 Å². The van der Waals surface area contributed by atoms with Crippen LogP contribution in [0.5, 0.6) is 0 Å². The summed E-state index contributed by atoms with van der Waals surface area (Å²) in [6.45, 7) is 0.341. The normalized spacial score (nSPS) is 17.7. The first-order valence-corrected chi connectivity index (χ1v) is 10.9. The third-order valence-electron chi connectivity index (χ3n) is 4.88. The molecule has 0 unspecified atom stereocenters. The minimum atomic E-state index is -3.85. The van der Waals surface area contributed by atoms with Gasteiger partial charge in [0, 0.05) is 12.1 Å². The van der Waals surface area contributed by atoms with Crippen LogP contribution in [0.15, 0.2) is 57.9 Å². The number of hydrogen-bond donors (Lipinski definition) is 0. The van der Waals surface area contributed by atoms with E-state index < -0.39 is 16.1 Å². The number of halogens is 1. The van der Waals surface area contributed by atoms with Crippen LogP contribution in [-0.4, -0.2) is 29.4 Å². The summed E-state index contributed by atoms with van der Waals surface area (Å²) in [5.41, 5.74) is 1.02. The first-order chi connectivity index (χ1) is 14.0. The van der Waals surface area contributed by atoms with E-state index in [-0.39, 0.29) is 21.4 Å². The van der Waals surface area contributed by atoms with Gasteiger partial charge in [0.1, 0.15) is 12.1 Å². The van der Waals surface area contributed by atoms with Crippen molar-refractivity contribution in [2.24, 2.45) is 0 Å². The van der Waals surface area contributed by atoms with Gasteiger partial charge >= 0.3 is 0 Å². The molecular formula is C20H17ClN4O3S. The average molecular weight is 429 g/mol. The van der Waals surface area contributed by atoms with Crippen LogP contribution in [0, 0.1) is 11.3 Å². The Morgan fingerprint density at radius 1 is 1.17 bits per heavy atom. The smallest absolute Gasteiger partial charge is 0.245 e. The van der Waals surface area contributed by atoms with Gasteiger partial charge in [-0.25, -0.2) is 8.42 Å². The Hall–Kier alpha value is -2.73. The molecule has 0 spiro atoms. The van der Waals surface area contributed by atoms with Gasteiger partial charge in [-0.2, -0.15) is 14.6 Å². The molecule has 0 N–H and O–H groups in total. The van der Waals surface area contributed by atoms with Gasteiger partial charge in [0.25, 0.3) is 0 Å². The van der Waals surface area contributed by atoms with Gasteiger partial charge in [0.2, 0.25) is 21.7 Å². The van der Waals surface area contributed by atoms with Gasteiger partial charge in [-0.1, -0.05) is 53.5 Å². The number of aromatic nitrogens is 2. The lowest BCUT2D eigenvalue weighted by molar-refractivity contribution is 0.204. The lowest BCUT2D eigenvalue weighted by Gasteiger charge is -2.32. The Labute approximate surface area is 173 Å². The highest BCUT2D eigenvalue weighted by Crippen LogP contribution is 2.36. The van der Waals surface area contributed by atoms with E-state index in [9.17, 15) is 8.42 Å². The highest BCUT2D eigenvalue weighted by molar-refractivity contribution is 7.89. The summed E-state index contributed by atoms with van der Waals surface area (Å²) >= 11 is 6.05. The summed E-state index contributed by atoms with van der Waals surface area (Å²) in [6.07, 6.45) is 2.17. The fourth-order valence-corrected chi connectivity index (χ4v) is 5.36. The van der Waals surface area contributed by atoms with Crippen LogP contribution in [0.25, 0.3) is 11.4 Å². The minimum Gasteiger partial charge on any atom is -0.337 e. The van der Waals surface area contributed by atoms with Crippen molar-refractivity contribution >= 4 is 21.6 Å². The fraction of sp³-hybridized carbons (Fsp3) is 0.250. The first kappa shape index (κ1) is 19.6. The predicted molar refractivity (Wildman–Crippen MR) is 106 cm³/mol. The van der Waals surface area contributed by atoms with E-state index in [0.717, 1.165) is 18.4 Å². The Kier molecular flexibility index (Phi) is 5.37. The van der Waals surface area contributed by atoms with Crippen LogP contribution in [0.1, 0.15) is 36.8 Å². The van der Waals surface area contributed by atoms with Gasteiger partial charge < -0.3 is 4.52 Å². The molecule has 148 valence electrons. The van der Waals surface area contributed by atoms with Crippen LogP contribution >= 0.6 is 11.6 Å². The summed E-state index contributed by atoms with van der Waals surface area (Å²) < 4.78 is 33.4. The summed E-state index contributed by atoms with van der Waals surface area (Å²) in [7, 11) is -3.85. The van der Waals surface area contributed by atoms with Crippen molar-refractivity contribution in [1.29, 1.82) is 5.26 Å². The zero-order valence-electron chi connectivity index (χ0n) is 15.3. The first-order valence-electron chi connectivity index (χ1n) is 9.11. The van der Waals surface area contributed by atoms with Gasteiger partial charge in [0.05, 0.1) is 15.5 Å². The molecule has 0 amide bonds. The van der Waals surface area contributed by atoms with Crippen LogP contribution in [0.4, 0.5) is 0 Å². The second-order valence-electron chi connectivity index (χ2n) is 6.70. The minimum absolute atomic E-state index is 0.0381. The third-order valence-corrected chi connectivity index (χ3v) is 7.10. The number of piperidine rings is 1. The molecule has 2 aromatic carbocycles. The average Bonchev–Trinajstić information content (AvgIpc) is 3.24. The Morgan fingerprint density at radius 3 is 2.69 bits per heavy atom. The van der Waals surface area contributed by atoms with Crippen LogP contribution in [0.2, 0.25) is 5.02 Å². The van der Waals surface area contributed by atoms with E-state index in [1.165, 1.54) is 22.5 Å². The van der Waals surface area contributed by atoms with Gasteiger partial charge in [-0.15, -0.1) is 0 Å². The third kappa shape index (κ3) is 3.77. The Bertz CT molecular complexity index is 1170. The van der Waals surface area contributed by atoms with Gasteiger partial charge in [-0.05, 0) is 31.0 Å². The van der Waals surface area contributed by atoms with E-state index in [1.54, 1.807) is 0 Å². The van der Waals surface area contributed by atoms with Crippen molar-refractivity contribution in [3.63, 3.8) is 0 Å². The number of hydrogen-bond acceptors (Lipinski definition) is 6. The fourth-order valence-electron chi connectivity index (χ4n) is 3.40. The molecule has 2 heterocycles. The molecule has 1 aromatic heterocycles. The van der Waals surface area contributed by atoms with Crippen LogP contribution < -0.4 is 0 Å².